The van der Waals surface area contributed by atoms with E-state index in [4.69, 9.17) is 9.84 Å². The smallest absolute Gasteiger partial charge is 0.122 e. The Hall–Kier alpha value is -1.06. The lowest BCUT2D eigenvalue weighted by molar-refractivity contribution is -0.0252. The van der Waals surface area contributed by atoms with Gasteiger partial charge in [-0.15, -0.1) is 0 Å². The van der Waals surface area contributed by atoms with E-state index in [0.717, 1.165) is 17.7 Å². The molecular formula is C12H16O3. The first-order valence-corrected chi connectivity index (χ1v) is 5.16. The van der Waals surface area contributed by atoms with Gasteiger partial charge in [-0.3, -0.25) is 0 Å². The van der Waals surface area contributed by atoms with Crippen molar-refractivity contribution in [1.29, 1.82) is 0 Å². The lowest BCUT2D eigenvalue weighted by atomic mass is 9.80. The van der Waals surface area contributed by atoms with Gasteiger partial charge in [-0.2, -0.15) is 0 Å². The maximum absolute atomic E-state index is 10.0. The molecule has 1 atom stereocenters. The number of aliphatic hydroxyl groups is 2. The molecule has 1 aliphatic rings. The largest absolute Gasteiger partial charge is 0.496 e. The molecule has 0 aliphatic heterocycles. The molecule has 0 radical (unpaired) electrons. The monoisotopic (exact) mass is 208 g/mol. The number of rotatable bonds is 2. The number of methoxy groups -OCH3 is 1. The minimum atomic E-state index is -0.971. The van der Waals surface area contributed by atoms with E-state index in [1.165, 1.54) is 5.56 Å². The predicted octanol–water partition coefficient (Wildman–Crippen LogP) is 0.907. The zero-order chi connectivity index (χ0) is 10.9. The number of benzene rings is 1. The van der Waals surface area contributed by atoms with Crippen LogP contribution in [0.4, 0.5) is 0 Å². The van der Waals surface area contributed by atoms with E-state index in [1.807, 2.05) is 12.1 Å². The Bertz CT molecular complexity index is 348. The molecule has 15 heavy (non-hydrogen) atoms. The van der Waals surface area contributed by atoms with E-state index in [1.54, 1.807) is 7.11 Å². The van der Waals surface area contributed by atoms with Crippen molar-refractivity contribution in [3.8, 4) is 5.75 Å². The number of aryl methyl sites for hydroxylation is 1. The minimum absolute atomic E-state index is 0.190. The molecule has 0 spiro atoms. The Kier molecular flexibility index (Phi) is 2.67. The number of hydrogen-bond acceptors (Lipinski definition) is 3. The first-order chi connectivity index (χ1) is 7.18. The van der Waals surface area contributed by atoms with Gasteiger partial charge >= 0.3 is 0 Å². The summed E-state index contributed by atoms with van der Waals surface area (Å²) in [5, 5.41) is 19.2. The molecule has 3 heteroatoms. The average Bonchev–Trinajstić information content (AvgIpc) is 2.28. The van der Waals surface area contributed by atoms with Crippen molar-refractivity contribution in [3.63, 3.8) is 0 Å². The van der Waals surface area contributed by atoms with Gasteiger partial charge in [0.15, 0.2) is 0 Å². The molecule has 0 amide bonds. The van der Waals surface area contributed by atoms with Crippen LogP contribution in [0.3, 0.4) is 0 Å². The van der Waals surface area contributed by atoms with Gasteiger partial charge in [0.2, 0.25) is 0 Å². The van der Waals surface area contributed by atoms with Gasteiger partial charge < -0.3 is 14.9 Å². The van der Waals surface area contributed by atoms with E-state index in [-0.39, 0.29) is 6.61 Å². The molecular weight excluding hydrogens is 192 g/mol. The second-order valence-electron chi connectivity index (χ2n) is 4.16. The van der Waals surface area contributed by atoms with Crippen molar-refractivity contribution in [1.82, 2.24) is 0 Å². The van der Waals surface area contributed by atoms with Crippen LogP contribution in [0, 0.1) is 0 Å². The highest BCUT2D eigenvalue weighted by Gasteiger charge is 2.32. The summed E-state index contributed by atoms with van der Waals surface area (Å²) in [6.45, 7) is -0.190. The van der Waals surface area contributed by atoms with Crippen LogP contribution in [0.5, 0.6) is 5.75 Å². The molecule has 3 nitrogen and oxygen atoms in total. The second kappa shape index (κ2) is 3.83. The Morgan fingerprint density at radius 1 is 1.47 bits per heavy atom. The molecule has 1 aromatic rings. The second-order valence-corrected chi connectivity index (χ2v) is 4.16. The van der Waals surface area contributed by atoms with E-state index < -0.39 is 5.60 Å². The van der Waals surface area contributed by atoms with Gasteiger partial charge in [0.1, 0.15) is 5.75 Å². The molecule has 0 bridgehead atoms. The van der Waals surface area contributed by atoms with Crippen LogP contribution >= 0.6 is 0 Å². The van der Waals surface area contributed by atoms with Crippen molar-refractivity contribution in [2.24, 2.45) is 0 Å². The average molecular weight is 208 g/mol. The van der Waals surface area contributed by atoms with Crippen molar-refractivity contribution in [2.45, 2.75) is 24.9 Å². The third-order valence-corrected chi connectivity index (χ3v) is 3.11. The normalized spacial score (nSPS) is 24.7. The molecule has 0 saturated heterocycles. The van der Waals surface area contributed by atoms with Crippen LogP contribution in [-0.4, -0.2) is 29.5 Å². The SMILES string of the molecule is COc1cccc2c1CC(O)(CO)CC2. The van der Waals surface area contributed by atoms with E-state index in [9.17, 15) is 5.11 Å². The number of aliphatic hydroxyl groups excluding tert-OH is 1. The molecule has 0 fully saturated rings. The fraction of sp³-hybridized carbons (Fsp3) is 0.500. The molecule has 2 N–H and O–H groups in total. The Morgan fingerprint density at radius 3 is 2.93 bits per heavy atom. The maximum atomic E-state index is 10.0. The van der Waals surface area contributed by atoms with Crippen LogP contribution in [0.2, 0.25) is 0 Å². The molecule has 1 aliphatic carbocycles. The van der Waals surface area contributed by atoms with Gasteiger partial charge in [-0.1, -0.05) is 12.1 Å². The zero-order valence-electron chi connectivity index (χ0n) is 8.86. The maximum Gasteiger partial charge on any atom is 0.122 e. The Labute approximate surface area is 89.3 Å². The molecule has 0 aromatic heterocycles. The van der Waals surface area contributed by atoms with Crippen LogP contribution in [-0.2, 0) is 12.8 Å². The molecule has 0 heterocycles. The highest BCUT2D eigenvalue weighted by Crippen LogP contribution is 2.34. The van der Waals surface area contributed by atoms with Crippen molar-refractivity contribution >= 4 is 0 Å². The van der Waals surface area contributed by atoms with Gasteiger partial charge in [0.25, 0.3) is 0 Å². The quantitative estimate of drug-likeness (QED) is 0.759. The fourth-order valence-electron chi connectivity index (χ4n) is 2.16. The van der Waals surface area contributed by atoms with E-state index in [0.29, 0.717) is 12.8 Å². The summed E-state index contributed by atoms with van der Waals surface area (Å²) in [5.41, 5.74) is 1.28. The third kappa shape index (κ3) is 1.85. The lowest BCUT2D eigenvalue weighted by Gasteiger charge is -2.32. The molecule has 82 valence electrons. The van der Waals surface area contributed by atoms with Crippen LogP contribution in [0.1, 0.15) is 17.5 Å². The lowest BCUT2D eigenvalue weighted by Crippen LogP contribution is -2.39. The first-order valence-electron chi connectivity index (χ1n) is 5.16. The van der Waals surface area contributed by atoms with E-state index >= 15 is 0 Å². The summed E-state index contributed by atoms with van der Waals surface area (Å²) in [6.07, 6.45) is 1.89. The third-order valence-electron chi connectivity index (χ3n) is 3.11. The van der Waals surface area contributed by atoms with Gasteiger partial charge in [0.05, 0.1) is 19.3 Å². The molecule has 0 saturated carbocycles. The van der Waals surface area contributed by atoms with Crippen LogP contribution < -0.4 is 4.74 Å². The summed E-state index contributed by atoms with van der Waals surface area (Å²) >= 11 is 0. The molecule has 1 aromatic carbocycles. The van der Waals surface area contributed by atoms with Gasteiger partial charge in [-0.05, 0) is 24.5 Å². The summed E-state index contributed by atoms with van der Waals surface area (Å²) in [5.74, 6) is 0.805. The highest BCUT2D eigenvalue weighted by atomic mass is 16.5. The first kappa shape index (κ1) is 10.5. The van der Waals surface area contributed by atoms with E-state index in [2.05, 4.69) is 6.07 Å². The van der Waals surface area contributed by atoms with Crippen LogP contribution in [0.15, 0.2) is 18.2 Å². The summed E-state index contributed by atoms with van der Waals surface area (Å²) in [4.78, 5) is 0. The van der Waals surface area contributed by atoms with Crippen molar-refractivity contribution in [3.05, 3.63) is 29.3 Å². The number of ether oxygens (including phenoxy) is 1. The predicted molar refractivity (Wildman–Crippen MR) is 57.1 cm³/mol. The van der Waals surface area contributed by atoms with Crippen molar-refractivity contribution in [2.75, 3.05) is 13.7 Å². The fourth-order valence-corrected chi connectivity index (χ4v) is 2.16. The van der Waals surface area contributed by atoms with Crippen LogP contribution in [0.25, 0.3) is 0 Å². The summed E-state index contributed by atoms with van der Waals surface area (Å²) in [7, 11) is 1.63. The summed E-state index contributed by atoms with van der Waals surface area (Å²) in [6, 6.07) is 5.90. The Morgan fingerprint density at radius 2 is 2.27 bits per heavy atom. The number of hydrogen-bond donors (Lipinski definition) is 2. The van der Waals surface area contributed by atoms with Crippen molar-refractivity contribution < 1.29 is 14.9 Å². The summed E-state index contributed by atoms with van der Waals surface area (Å²) < 4.78 is 5.26. The topological polar surface area (TPSA) is 49.7 Å². The molecule has 1 unspecified atom stereocenters. The van der Waals surface area contributed by atoms with Gasteiger partial charge in [-0.25, -0.2) is 0 Å². The zero-order valence-corrected chi connectivity index (χ0v) is 8.86. The number of fused-ring (bicyclic) bond motifs is 1. The van der Waals surface area contributed by atoms with Gasteiger partial charge in [0, 0.05) is 12.0 Å². The molecule has 2 rings (SSSR count). The highest BCUT2D eigenvalue weighted by molar-refractivity contribution is 5.43. The minimum Gasteiger partial charge on any atom is -0.496 e. The standard InChI is InChI=1S/C12H16O3/c1-15-11-4-2-3-9-5-6-12(14,8-13)7-10(9)11/h2-4,13-14H,5-8H2,1H3. The Balaban J connectivity index is 2.38.